The molecule has 2 aromatic heterocycles. The molecule has 0 spiro atoms. The first-order chi connectivity index (χ1) is 10.1. The third-order valence-electron chi connectivity index (χ3n) is 3.52. The van der Waals surface area contributed by atoms with Gasteiger partial charge in [0.1, 0.15) is 12.1 Å². The van der Waals surface area contributed by atoms with Crippen molar-refractivity contribution in [3.8, 4) is 0 Å². The summed E-state index contributed by atoms with van der Waals surface area (Å²) < 4.78 is 6.69. The van der Waals surface area contributed by atoms with Crippen molar-refractivity contribution in [1.29, 1.82) is 0 Å². The summed E-state index contributed by atoms with van der Waals surface area (Å²) in [5.74, 6) is 0.510. The number of nitrogens with one attached hydrogen (secondary N) is 1. The Hall–Kier alpha value is -2.22. The van der Waals surface area contributed by atoms with Crippen LogP contribution < -0.4 is 5.32 Å². The maximum Gasteiger partial charge on any atom is 0.248 e. The fraction of sp³-hybridized carbons (Fsp3) is 0.538. The van der Waals surface area contributed by atoms with E-state index in [4.69, 9.17) is 4.52 Å². The zero-order valence-corrected chi connectivity index (χ0v) is 11.7. The van der Waals surface area contributed by atoms with Crippen molar-refractivity contribution in [1.82, 2.24) is 19.9 Å². The van der Waals surface area contributed by atoms with E-state index in [9.17, 15) is 9.90 Å². The molecule has 2 heterocycles. The summed E-state index contributed by atoms with van der Waals surface area (Å²) in [5.41, 5.74) is 0.736. The summed E-state index contributed by atoms with van der Waals surface area (Å²) in [6, 6.07) is 1.86. The number of amides is 1. The summed E-state index contributed by atoms with van der Waals surface area (Å²) in [5, 5.41) is 20.1. The Morgan fingerprint density at radius 1 is 1.57 bits per heavy atom. The van der Waals surface area contributed by atoms with Gasteiger partial charge in [0.25, 0.3) is 0 Å². The third-order valence-corrected chi connectivity index (χ3v) is 3.52. The molecular formula is C13H17N5O3. The number of rotatable bonds is 4. The van der Waals surface area contributed by atoms with E-state index in [1.165, 1.54) is 0 Å². The monoisotopic (exact) mass is 291 g/mol. The van der Waals surface area contributed by atoms with Crippen molar-refractivity contribution >= 4 is 11.9 Å². The number of nitrogens with zero attached hydrogens (tertiary/aromatic N) is 4. The molecule has 1 amide bonds. The van der Waals surface area contributed by atoms with Crippen molar-refractivity contribution in [3.63, 3.8) is 0 Å². The van der Waals surface area contributed by atoms with E-state index < -0.39 is 0 Å². The average molecular weight is 291 g/mol. The number of aryl methyl sites for hydroxylation is 1. The summed E-state index contributed by atoms with van der Waals surface area (Å²) in [6.07, 6.45) is 3.72. The molecule has 3 rings (SSSR count). The van der Waals surface area contributed by atoms with Crippen molar-refractivity contribution < 1.29 is 14.4 Å². The fourth-order valence-electron chi connectivity index (χ4n) is 2.51. The second-order valence-corrected chi connectivity index (χ2v) is 5.33. The molecule has 8 heteroatoms. The van der Waals surface area contributed by atoms with Gasteiger partial charge in [-0.3, -0.25) is 10.1 Å². The molecule has 112 valence electrons. The number of aliphatic hydroxyl groups is 1. The smallest absolute Gasteiger partial charge is 0.248 e. The van der Waals surface area contributed by atoms with Gasteiger partial charge in [0.15, 0.2) is 0 Å². The molecule has 1 fully saturated rings. The quantitative estimate of drug-likeness (QED) is 0.864. The Bertz CT molecular complexity index is 635. The van der Waals surface area contributed by atoms with Gasteiger partial charge in [0.05, 0.1) is 24.3 Å². The van der Waals surface area contributed by atoms with Gasteiger partial charge in [-0.05, 0) is 26.2 Å². The molecule has 0 aliphatic heterocycles. The van der Waals surface area contributed by atoms with Gasteiger partial charge >= 0.3 is 0 Å². The summed E-state index contributed by atoms with van der Waals surface area (Å²) in [7, 11) is 0. The van der Waals surface area contributed by atoms with Gasteiger partial charge in [-0.1, -0.05) is 5.16 Å². The summed E-state index contributed by atoms with van der Waals surface area (Å²) in [6.45, 7) is 1.80. The fourth-order valence-corrected chi connectivity index (χ4v) is 2.51. The van der Waals surface area contributed by atoms with Crippen molar-refractivity contribution in [2.75, 3.05) is 5.32 Å². The highest BCUT2D eigenvalue weighted by molar-refractivity contribution is 5.90. The van der Waals surface area contributed by atoms with Crippen LogP contribution in [0.1, 0.15) is 36.8 Å². The molecule has 2 aromatic rings. The minimum absolute atomic E-state index is 0.0948. The lowest BCUT2D eigenvalue weighted by Crippen LogP contribution is -2.16. The summed E-state index contributed by atoms with van der Waals surface area (Å²) in [4.78, 5) is 15.9. The maximum absolute atomic E-state index is 11.8. The topological polar surface area (TPSA) is 106 Å². The zero-order valence-electron chi connectivity index (χ0n) is 11.7. The van der Waals surface area contributed by atoms with E-state index in [1.54, 1.807) is 24.0 Å². The van der Waals surface area contributed by atoms with Gasteiger partial charge < -0.3 is 9.63 Å². The van der Waals surface area contributed by atoms with E-state index in [2.05, 4.69) is 20.6 Å². The van der Waals surface area contributed by atoms with Crippen LogP contribution in [0, 0.1) is 6.92 Å². The number of hydrogen-bond donors (Lipinski definition) is 2. The average Bonchev–Trinajstić information content (AvgIpc) is 3.12. The number of aliphatic hydroxyl groups excluding tert-OH is 1. The van der Waals surface area contributed by atoms with Gasteiger partial charge in [-0.2, -0.15) is 0 Å². The second-order valence-electron chi connectivity index (χ2n) is 5.33. The Balaban J connectivity index is 1.58. The van der Waals surface area contributed by atoms with Gasteiger partial charge in [-0.15, -0.1) is 5.10 Å². The van der Waals surface area contributed by atoms with Crippen LogP contribution in [0.15, 0.2) is 16.9 Å². The van der Waals surface area contributed by atoms with E-state index in [0.29, 0.717) is 12.2 Å². The molecule has 1 saturated carbocycles. The number of hydrogen-bond acceptors (Lipinski definition) is 6. The Morgan fingerprint density at radius 2 is 2.43 bits per heavy atom. The molecule has 21 heavy (non-hydrogen) atoms. The predicted octanol–water partition coefficient (Wildman–Crippen LogP) is 0.842. The molecule has 2 N–H and O–H groups in total. The normalized spacial score (nSPS) is 21.6. The standard InChI is InChI=1S/C13H17N5O3/c1-8-4-11(21-17-8)6-12(20)15-13-14-7-18(16-13)9-2-3-10(19)5-9/h4,7,9-10,19H,2-3,5-6H2,1H3,(H,15,16,20)/t9-,10+/m0/s1. The minimum Gasteiger partial charge on any atom is -0.393 e. The molecule has 0 bridgehead atoms. The summed E-state index contributed by atoms with van der Waals surface area (Å²) >= 11 is 0. The van der Waals surface area contributed by atoms with Crippen LogP contribution >= 0.6 is 0 Å². The highest BCUT2D eigenvalue weighted by atomic mass is 16.5. The minimum atomic E-state index is -0.271. The highest BCUT2D eigenvalue weighted by Gasteiger charge is 2.25. The molecular weight excluding hydrogens is 274 g/mol. The van der Waals surface area contributed by atoms with Crippen LogP contribution in [0.5, 0.6) is 0 Å². The van der Waals surface area contributed by atoms with Crippen LogP contribution in [0.4, 0.5) is 5.95 Å². The van der Waals surface area contributed by atoms with Crippen LogP contribution in [0.3, 0.4) is 0 Å². The lowest BCUT2D eigenvalue weighted by atomic mass is 10.2. The van der Waals surface area contributed by atoms with Crippen LogP contribution in [0.2, 0.25) is 0 Å². The van der Waals surface area contributed by atoms with Gasteiger partial charge in [0.2, 0.25) is 11.9 Å². The zero-order chi connectivity index (χ0) is 14.8. The van der Waals surface area contributed by atoms with Crippen LogP contribution in [0.25, 0.3) is 0 Å². The predicted molar refractivity (Wildman–Crippen MR) is 72.5 cm³/mol. The van der Waals surface area contributed by atoms with Crippen LogP contribution in [-0.2, 0) is 11.2 Å². The molecule has 2 atom stereocenters. The number of anilines is 1. The first kappa shape index (κ1) is 13.7. The Morgan fingerprint density at radius 3 is 3.10 bits per heavy atom. The van der Waals surface area contributed by atoms with Gasteiger partial charge in [0, 0.05) is 6.07 Å². The molecule has 1 aliphatic rings. The largest absolute Gasteiger partial charge is 0.393 e. The van der Waals surface area contributed by atoms with Crippen LogP contribution in [-0.4, -0.2) is 37.0 Å². The van der Waals surface area contributed by atoms with E-state index in [1.807, 2.05) is 0 Å². The Kier molecular flexibility index (Phi) is 3.70. The number of carbonyl (C=O) groups is 1. The van der Waals surface area contributed by atoms with Crippen molar-refractivity contribution in [2.45, 2.75) is 44.8 Å². The number of carbonyl (C=O) groups excluding carboxylic acids is 1. The lowest BCUT2D eigenvalue weighted by Gasteiger charge is -2.07. The highest BCUT2D eigenvalue weighted by Crippen LogP contribution is 2.29. The van der Waals surface area contributed by atoms with E-state index in [-0.39, 0.29) is 30.4 Å². The second kappa shape index (κ2) is 5.65. The van der Waals surface area contributed by atoms with Crippen molar-refractivity contribution in [2.24, 2.45) is 0 Å². The molecule has 8 nitrogen and oxygen atoms in total. The third kappa shape index (κ3) is 3.27. The van der Waals surface area contributed by atoms with Crippen molar-refractivity contribution in [3.05, 3.63) is 23.8 Å². The lowest BCUT2D eigenvalue weighted by molar-refractivity contribution is -0.115. The molecule has 1 aliphatic carbocycles. The van der Waals surface area contributed by atoms with E-state index in [0.717, 1.165) is 18.5 Å². The molecule has 0 radical (unpaired) electrons. The van der Waals surface area contributed by atoms with Gasteiger partial charge in [-0.25, -0.2) is 9.67 Å². The molecule has 0 unspecified atom stereocenters. The number of aromatic nitrogens is 4. The SMILES string of the molecule is Cc1cc(CC(=O)Nc2ncn([C@H]3CC[C@@H](O)C3)n2)on1. The first-order valence-electron chi connectivity index (χ1n) is 6.91. The Labute approximate surface area is 121 Å². The van der Waals surface area contributed by atoms with E-state index >= 15 is 0 Å². The molecule has 0 saturated heterocycles. The first-order valence-corrected chi connectivity index (χ1v) is 6.91. The molecule has 0 aromatic carbocycles. The maximum atomic E-state index is 11.8.